The first-order chi connectivity index (χ1) is 7.34. The molecule has 0 spiro atoms. The zero-order valence-corrected chi connectivity index (χ0v) is 8.14. The Bertz CT molecular complexity index is 537. The van der Waals surface area contributed by atoms with Gasteiger partial charge in [0.15, 0.2) is 5.43 Å². The van der Waals surface area contributed by atoms with Gasteiger partial charge in [-0.05, 0) is 6.42 Å². The van der Waals surface area contributed by atoms with E-state index in [4.69, 9.17) is 4.74 Å². The number of aromatic nitrogens is 3. The lowest BCUT2D eigenvalue weighted by Crippen LogP contribution is -2.05. The van der Waals surface area contributed by atoms with Gasteiger partial charge in [0.2, 0.25) is 0 Å². The maximum Gasteiger partial charge on any atom is 0.183 e. The molecule has 1 atom stereocenters. The highest BCUT2D eigenvalue weighted by Crippen LogP contribution is 2.23. The van der Waals surface area contributed by atoms with E-state index in [0.29, 0.717) is 12.5 Å². The van der Waals surface area contributed by atoms with Gasteiger partial charge in [-0.2, -0.15) is 5.10 Å². The van der Waals surface area contributed by atoms with E-state index in [1.54, 1.807) is 18.3 Å². The molecule has 1 N–H and O–H groups in total. The van der Waals surface area contributed by atoms with Gasteiger partial charge in [0.25, 0.3) is 0 Å². The first-order valence-electron chi connectivity index (χ1n) is 4.99. The minimum Gasteiger partial charge on any atom is -0.381 e. The van der Waals surface area contributed by atoms with Crippen LogP contribution >= 0.6 is 0 Å². The van der Waals surface area contributed by atoms with Crippen LogP contribution in [0.1, 0.15) is 18.2 Å². The molecule has 2 aromatic heterocycles. The number of fused-ring (bicyclic) bond motifs is 1. The fraction of sp³-hybridized carbons (Fsp3) is 0.400. The summed E-state index contributed by atoms with van der Waals surface area (Å²) < 4.78 is 7.24. The smallest absolute Gasteiger partial charge is 0.183 e. The van der Waals surface area contributed by atoms with Crippen LogP contribution in [0.15, 0.2) is 23.1 Å². The van der Waals surface area contributed by atoms with Crippen LogP contribution in [0.25, 0.3) is 5.65 Å². The van der Waals surface area contributed by atoms with Crippen molar-refractivity contribution in [1.29, 1.82) is 0 Å². The molecule has 1 saturated heterocycles. The van der Waals surface area contributed by atoms with Crippen LogP contribution < -0.4 is 5.43 Å². The van der Waals surface area contributed by atoms with Crippen molar-refractivity contribution < 1.29 is 4.74 Å². The van der Waals surface area contributed by atoms with Crippen molar-refractivity contribution in [3.63, 3.8) is 0 Å². The van der Waals surface area contributed by atoms with Gasteiger partial charge in [0.1, 0.15) is 11.5 Å². The molecule has 0 aliphatic carbocycles. The van der Waals surface area contributed by atoms with Gasteiger partial charge < -0.3 is 4.74 Å². The van der Waals surface area contributed by atoms with E-state index in [1.165, 1.54) is 0 Å². The van der Waals surface area contributed by atoms with E-state index in [1.807, 2.05) is 4.40 Å². The highest BCUT2D eigenvalue weighted by molar-refractivity contribution is 5.37. The van der Waals surface area contributed by atoms with Crippen LogP contribution in [0.2, 0.25) is 0 Å². The summed E-state index contributed by atoms with van der Waals surface area (Å²) in [6.07, 6.45) is 2.75. The van der Waals surface area contributed by atoms with Crippen LogP contribution in [-0.4, -0.2) is 27.8 Å². The average Bonchev–Trinajstić information content (AvgIpc) is 2.82. The van der Waals surface area contributed by atoms with E-state index in [-0.39, 0.29) is 5.43 Å². The van der Waals surface area contributed by atoms with Crippen LogP contribution in [0, 0.1) is 0 Å². The van der Waals surface area contributed by atoms with Crippen molar-refractivity contribution in [2.45, 2.75) is 12.3 Å². The third kappa shape index (κ3) is 1.35. The van der Waals surface area contributed by atoms with Gasteiger partial charge in [0, 0.05) is 30.9 Å². The molecule has 1 aliphatic rings. The third-order valence-corrected chi connectivity index (χ3v) is 2.75. The molecule has 0 radical (unpaired) electrons. The number of H-pyrrole nitrogens is 1. The number of aromatic amines is 1. The maximum atomic E-state index is 11.1. The highest BCUT2D eigenvalue weighted by Gasteiger charge is 2.22. The summed E-state index contributed by atoms with van der Waals surface area (Å²) in [5.74, 6) is 1.28. The molecule has 1 aliphatic heterocycles. The van der Waals surface area contributed by atoms with Crippen LogP contribution in [0.5, 0.6) is 0 Å². The number of pyridine rings is 1. The number of rotatable bonds is 1. The molecule has 0 saturated carbocycles. The Labute approximate surface area is 85.7 Å². The molecule has 1 fully saturated rings. The molecule has 0 aromatic carbocycles. The fourth-order valence-corrected chi connectivity index (χ4v) is 1.96. The van der Waals surface area contributed by atoms with E-state index >= 15 is 0 Å². The summed E-state index contributed by atoms with van der Waals surface area (Å²) in [4.78, 5) is 11.1. The molecule has 0 amide bonds. The Morgan fingerprint density at radius 2 is 2.53 bits per heavy atom. The van der Waals surface area contributed by atoms with Crippen LogP contribution in [0.3, 0.4) is 0 Å². The van der Waals surface area contributed by atoms with Crippen molar-refractivity contribution in [1.82, 2.24) is 14.6 Å². The number of nitrogens with zero attached hydrogens (tertiary/aromatic N) is 2. The van der Waals surface area contributed by atoms with Crippen molar-refractivity contribution in [3.8, 4) is 0 Å². The number of nitrogens with one attached hydrogen (secondary N) is 1. The number of hydrogen-bond donors (Lipinski definition) is 1. The second-order valence-corrected chi connectivity index (χ2v) is 3.76. The second-order valence-electron chi connectivity index (χ2n) is 3.76. The van der Waals surface area contributed by atoms with Gasteiger partial charge in [-0.25, -0.2) is 0 Å². The highest BCUT2D eigenvalue weighted by atomic mass is 16.5. The second kappa shape index (κ2) is 3.20. The molecule has 78 valence electrons. The van der Waals surface area contributed by atoms with Gasteiger partial charge in [0.05, 0.1) is 6.61 Å². The predicted octanol–water partition coefficient (Wildman–Crippen LogP) is 0.526. The summed E-state index contributed by atoms with van der Waals surface area (Å²) in [6, 6.07) is 3.09. The molecular formula is C10H11N3O2. The summed E-state index contributed by atoms with van der Waals surface area (Å²) in [6.45, 7) is 1.51. The topological polar surface area (TPSA) is 59.4 Å². The zero-order chi connectivity index (χ0) is 10.3. The van der Waals surface area contributed by atoms with E-state index < -0.39 is 0 Å². The third-order valence-electron chi connectivity index (χ3n) is 2.75. The lowest BCUT2D eigenvalue weighted by Gasteiger charge is -2.04. The molecule has 3 rings (SSSR count). The SMILES string of the molecule is O=c1ccn2c(C3CCOC3)n[nH]c2c1. The molecule has 2 aromatic rings. The number of hydrogen-bond acceptors (Lipinski definition) is 3. The predicted molar refractivity (Wildman–Crippen MR) is 54.0 cm³/mol. The Kier molecular flexibility index (Phi) is 1.85. The minimum atomic E-state index is -0.00660. The molecular weight excluding hydrogens is 194 g/mol. The lowest BCUT2D eigenvalue weighted by atomic mass is 10.1. The largest absolute Gasteiger partial charge is 0.381 e. The summed E-state index contributed by atoms with van der Waals surface area (Å²) in [5, 5.41) is 7.10. The molecule has 5 nitrogen and oxygen atoms in total. The average molecular weight is 205 g/mol. The van der Waals surface area contributed by atoms with E-state index in [0.717, 1.165) is 24.5 Å². The fourth-order valence-electron chi connectivity index (χ4n) is 1.96. The van der Waals surface area contributed by atoms with Crippen LogP contribution in [-0.2, 0) is 4.74 Å². The first kappa shape index (κ1) is 8.67. The Morgan fingerprint density at radius 3 is 3.33 bits per heavy atom. The Morgan fingerprint density at radius 1 is 1.60 bits per heavy atom. The molecule has 1 unspecified atom stereocenters. The van der Waals surface area contributed by atoms with Gasteiger partial charge in [-0.1, -0.05) is 0 Å². The zero-order valence-electron chi connectivity index (χ0n) is 8.14. The molecule has 15 heavy (non-hydrogen) atoms. The number of ether oxygens (including phenoxy) is 1. The van der Waals surface area contributed by atoms with Gasteiger partial charge in [-0.15, -0.1) is 0 Å². The van der Waals surface area contributed by atoms with E-state index in [2.05, 4.69) is 10.2 Å². The van der Waals surface area contributed by atoms with Crippen molar-refractivity contribution in [2.75, 3.05) is 13.2 Å². The maximum absolute atomic E-state index is 11.1. The monoisotopic (exact) mass is 205 g/mol. The lowest BCUT2D eigenvalue weighted by molar-refractivity contribution is 0.193. The Balaban J connectivity index is 2.15. The summed E-state index contributed by atoms with van der Waals surface area (Å²) in [7, 11) is 0. The van der Waals surface area contributed by atoms with Crippen molar-refractivity contribution in [3.05, 3.63) is 34.4 Å². The molecule has 3 heterocycles. The first-order valence-corrected chi connectivity index (χ1v) is 4.99. The van der Waals surface area contributed by atoms with Gasteiger partial charge >= 0.3 is 0 Å². The molecule has 5 heteroatoms. The Hall–Kier alpha value is -1.62. The van der Waals surface area contributed by atoms with Crippen molar-refractivity contribution in [2.24, 2.45) is 0 Å². The van der Waals surface area contributed by atoms with Gasteiger partial charge in [-0.3, -0.25) is 14.3 Å². The summed E-state index contributed by atoms with van der Waals surface area (Å²) in [5.41, 5.74) is 0.734. The standard InChI is InChI=1S/C10H11N3O2/c14-8-1-3-13-9(5-8)11-12-10(13)7-2-4-15-6-7/h1,3,5,7,11H,2,4,6H2. The van der Waals surface area contributed by atoms with Crippen LogP contribution in [0.4, 0.5) is 0 Å². The minimum absolute atomic E-state index is 0.00660. The van der Waals surface area contributed by atoms with Crippen molar-refractivity contribution >= 4 is 5.65 Å². The summed E-state index contributed by atoms with van der Waals surface area (Å²) >= 11 is 0. The quantitative estimate of drug-likeness (QED) is 0.738. The molecule has 0 bridgehead atoms. The normalized spacial score (nSPS) is 21.2. The van der Waals surface area contributed by atoms with E-state index in [9.17, 15) is 4.79 Å².